The van der Waals surface area contributed by atoms with Crippen LogP contribution < -0.4 is 4.74 Å². The fraction of sp³-hybridized carbons (Fsp3) is 0.333. The van der Waals surface area contributed by atoms with Gasteiger partial charge in [-0.2, -0.15) is 23.0 Å². The molecule has 1 saturated heterocycles. The number of halogens is 3. The smallest absolute Gasteiger partial charge is 0.475 e. The Hall–Kier alpha value is -4.83. The maximum absolute atomic E-state index is 11.1. The number of amides is 1. The van der Waals surface area contributed by atoms with E-state index in [2.05, 4.69) is 30.6 Å². The summed E-state index contributed by atoms with van der Waals surface area (Å²) in [6, 6.07) is 7.43. The van der Waals surface area contributed by atoms with E-state index in [0.717, 1.165) is 5.69 Å². The molecule has 2 N–H and O–H groups in total. The Morgan fingerprint density at radius 1 is 1.08 bits per heavy atom. The molecule has 0 atom stereocenters. The summed E-state index contributed by atoms with van der Waals surface area (Å²) in [5.41, 5.74) is 1.49. The quantitative estimate of drug-likeness (QED) is 0.393. The Balaban J connectivity index is 0.000000426. The van der Waals surface area contributed by atoms with E-state index in [9.17, 15) is 18.0 Å². The van der Waals surface area contributed by atoms with Crippen molar-refractivity contribution < 1.29 is 37.7 Å². The highest BCUT2D eigenvalue weighted by atomic mass is 19.4. The highest BCUT2D eigenvalue weighted by Gasteiger charge is 2.38. The van der Waals surface area contributed by atoms with Crippen LogP contribution >= 0.6 is 0 Å². The van der Waals surface area contributed by atoms with Crippen LogP contribution in [0.4, 0.5) is 18.0 Å². The van der Waals surface area contributed by atoms with E-state index in [1.165, 1.54) is 11.2 Å². The molecule has 0 radical (unpaired) electrons. The second kappa shape index (κ2) is 10.7. The molecule has 17 heteroatoms. The summed E-state index contributed by atoms with van der Waals surface area (Å²) >= 11 is 0. The van der Waals surface area contributed by atoms with Crippen molar-refractivity contribution in [3.05, 3.63) is 42.6 Å². The number of alkyl halides is 3. The first kappa shape index (κ1) is 26.2. The maximum Gasteiger partial charge on any atom is 0.490 e. The normalized spacial score (nSPS) is 14.2. The number of piperidine rings is 1. The van der Waals surface area contributed by atoms with Crippen LogP contribution in [0.1, 0.15) is 24.7 Å². The van der Waals surface area contributed by atoms with Gasteiger partial charge < -0.3 is 19.8 Å². The number of hydrogen-bond acceptors (Lipinski definition) is 9. The van der Waals surface area contributed by atoms with Gasteiger partial charge in [0.05, 0.1) is 17.9 Å². The summed E-state index contributed by atoms with van der Waals surface area (Å²) in [7, 11) is 0. The van der Waals surface area contributed by atoms with Crippen LogP contribution in [0.15, 0.2) is 36.8 Å². The van der Waals surface area contributed by atoms with Crippen LogP contribution in [0.25, 0.3) is 16.7 Å². The Bertz CT molecular complexity index is 1430. The lowest BCUT2D eigenvalue weighted by molar-refractivity contribution is -0.192. The molecule has 1 amide bonds. The minimum Gasteiger partial charge on any atom is -0.475 e. The Morgan fingerprint density at radius 3 is 2.29 bits per heavy atom. The van der Waals surface area contributed by atoms with Crippen molar-refractivity contribution in [1.29, 1.82) is 0 Å². The number of ether oxygens (including phenoxy) is 1. The number of aliphatic carboxylic acids is 1. The van der Waals surface area contributed by atoms with E-state index in [-0.39, 0.29) is 6.04 Å². The molecule has 0 bridgehead atoms. The van der Waals surface area contributed by atoms with Gasteiger partial charge in [0.2, 0.25) is 5.88 Å². The van der Waals surface area contributed by atoms with Crippen molar-refractivity contribution in [2.75, 3.05) is 13.1 Å². The number of tetrazole rings is 1. The number of aryl methyl sites for hydroxylation is 1. The summed E-state index contributed by atoms with van der Waals surface area (Å²) in [5, 5.41) is 32.9. The van der Waals surface area contributed by atoms with Crippen LogP contribution in [-0.2, 0) is 4.79 Å². The zero-order valence-electron chi connectivity index (χ0n) is 19.6. The average molecular weight is 535 g/mol. The van der Waals surface area contributed by atoms with Crippen molar-refractivity contribution in [3.63, 3.8) is 0 Å². The van der Waals surface area contributed by atoms with Crippen molar-refractivity contribution in [2.45, 2.75) is 32.0 Å². The molecule has 0 aliphatic carbocycles. The van der Waals surface area contributed by atoms with Gasteiger partial charge in [0.1, 0.15) is 17.5 Å². The number of nitrogens with zero attached hydrogens (tertiary/aromatic N) is 9. The monoisotopic (exact) mass is 535 g/mol. The van der Waals surface area contributed by atoms with E-state index in [1.807, 2.05) is 35.9 Å². The highest BCUT2D eigenvalue weighted by Crippen LogP contribution is 2.30. The Morgan fingerprint density at radius 2 is 1.74 bits per heavy atom. The molecular formula is C21H20F3N9O5. The average Bonchev–Trinajstić information content (AvgIpc) is 3.51. The second-order valence-electron chi connectivity index (χ2n) is 8.04. The Kier molecular flexibility index (Phi) is 7.35. The van der Waals surface area contributed by atoms with Gasteiger partial charge in [0, 0.05) is 13.1 Å². The fourth-order valence-corrected chi connectivity index (χ4v) is 3.73. The predicted molar refractivity (Wildman–Crippen MR) is 121 cm³/mol. The van der Waals surface area contributed by atoms with Crippen molar-refractivity contribution in [3.8, 4) is 17.3 Å². The van der Waals surface area contributed by atoms with E-state index in [0.29, 0.717) is 54.4 Å². The topological polar surface area (TPSA) is 174 Å². The van der Waals surface area contributed by atoms with E-state index in [4.69, 9.17) is 19.7 Å². The standard InChI is InChI=1S/C19H19N9O3.C2HF3O2/c1-12-23-24-25-27(12)13-2-4-15(5-3-13)31-18-16-10-22-28(17(16)20-11-21-18)14-6-8-26(9-7-14)19(29)30;3-2(4,5)1(6)7/h2-5,10-11,14H,6-9H2,1H3,(H,29,30);(H,6,7). The van der Waals surface area contributed by atoms with Crippen molar-refractivity contribution in [1.82, 2.24) is 44.9 Å². The van der Waals surface area contributed by atoms with Gasteiger partial charge in [-0.1, -0.05) is 0 Å². The molecule has 5 rings (SSSR count). The molecule has 4 heterocycles. The van der Waals surface area contributed by atoms with Gasteiger partial charge in [0.25, 0.3) is 0 Å². The maximum atomic E-state index is 11.1. The molecule has 1 fully saturated rings. The summed E-state index contributed by atoms with van der Waals surface area (Å²) < 4.78 is 41.2. The second-order valence-corrected chi connectivity index (χ2v) is 8.04. The van der Waals surface area contributed by atoms with E-state index < -0.39 is 18.2 Å². The molecular weight excluding hydrogens is 515 g/mol. The van der Waals surface area contributed by atoms with Gasteiger partial charge >= 0.3 is 18.2 Å². The first-order valence-electron chi connectivity index (χ1n) is 11.0. The van der Waals surface area contributed by atoms with E-state index in [1.54, 1.807) is 10.9 Å². The summed E-state index contributed by atoms with van der Waals surface area (Å²) in [6.45, 7) is 2.77. The van der Waals surface area contributed by atoms with Gasteiger partial charge in [-0.05, 0) is 54.5 Å². The van der Waals surface area contributed by atoms with Crippen LogP contribution in [0.5, 0.6) is 11.6 Å². The Labute approximate surface area is 211 Å². The fourth-order valence-electron chi connectivity index (χ4n) is 3.73. The van der Waals surface area contributed by atoms with Crippen LogP contribution in [0.3, 0.4) is 0 Å². The third-order valence-electron chi connectivity index (χ3n) is 5.60. The molecule has 4 aromatic rings. The number of benzene rings is 1. The van der Waals surface area contributed by atoms with Gasteiger partial charge in [-0.15, -0.1) is 5.10 Å². The third-order valence-corrected chi connectivity index (χ3v) is 5.60. The predicted octanol–water partition coefficient (Wildman–Crippen LogP) is 2.85. The zero-order chi connectivity index (χ0) is 27.4. The van der Waals surface area contributed by atoms with Gasteiger partial charge in [-0.25, -0.2) is 24.2 Å². The number of carboxylic acids is 1. The number of aromatic nitrogens is 8. The largest absolute Gasteiger partial charge is 0.490 e. The molecule has 38 heavy (non-hydrogen) atoms. The summed E-state index contributed by atoms with van der Waals surface area (Å²) in [4.78, 5) is 30.1. The SMILES string of the molecule is Cc1nnnn1-c1ccc(Oc2ncnc3c2cnn3C2CCN(C(=O)O)CC2)cc1.O=C(O)C(F)(F)F. The highest BCUT2D eigenvalue weighted by molar-refractivity contribution is 5.80. The third kappa shape index (κ3) is 5.76. The van der Waals surface area contributed by atoms with Crippen LogP contribution in [-0.4, -0.2) is 86.4 Å². The number of rotatable bonds is 4. The lowest BCUT2D eigenvalue weighted by Gasteiger charge is -2.30. The molecule has 14 nitrogen and oxygen atoms in total. The molecule has 0 saturated carbocycles. The summed E-state index contributed by atoms with van der Waals surface area (Å²) in [6.07, 6.45) is -1.47. The number of likely N-dealkylation sites (tertiary alicyclic amines) is 1. The minimum absolute atomic E-state index is 0.0784. The number of hydrogen-bond donors (Lipinski definition) is 2. The van der Waals surface area contributed by atoms with Crippen LogP contribution in [0, 0.1) is 6.92 Å². The van der Waals surface area contributed by atoms with Gasteiger partial charge in [-0.3, -0.25) is 0 Å². The van der Waals surface area contributed by atoms with E-state index >= 15 is 0 Å². The number of fused-ring (bicyclic) bond motifs is 1. The zero-order valence-corrected chi connectivity index (χ0v) is 19.6. The van der Waals surface area contributed by atoms with Crippen molar-refractivity contribution in [2.24, 2.45) is 0 Å². The first-order valence-corrected chi connectivity index (χ1v) is 11.0. The molecule has 200 valence electrons. The molecule has 1 aliphatic rings. The molecule has 0 unspecified atom stereocenters. The van der Waals surface area contributed by atoms with Crippen LogP contribution in [0.2, 0.25) is 0 Å². The summed E-state index contributed by atoms with van der Waals surface area (Å²) in [5.74, 6) is -1.05. The first-order chi connectivity index (χ1) is 18.0. The minimum atomic E-state index is -5.08. The lowest BCUT2D eigenvalue weighted by Crippen LogP contribution is -2.38. The molecule has 1 aromatic carbocycles. The van der Waals surface area contributed by atoms with Gasteiger partial charge in [0.15, 0.2) is 11.5 Å². The number of carbonyl (C=O) groups is 2. The lowest BCUT2D eigenvalue weighted by atomic mass is 10.1. The number of carboxylic acid groups (broad SMARTS) is 2. The molecule has 3 aromatic heterocycles. The molecule has 0 spiro atoms. The molecule has 1 aliphatic heterocycles. The van der Waals surface area contributed by atoms with Crippen molar-refractivity contribution >= 4 is 23.1 Å².